The summed E-state index contributed by atoms with van der Waals surface area (Å²) in [7, 11) is 0. The molecule has 1 aromatic rings. The molecule has 0 bridgehead atoms. The van der Waals surface area contributed by atoms with Crippen molar-refractivity contribution in [3.63, 3.8) is 0 Å². The van der Waals surface area contributed by atoms with Gasteiger partial charge in [0.05, 0.1) is 10.6 Å². The van der Waals surface area contributed by atoms with Crippen LogP contribution < -0.4 is 10.6 Å². The molecular weight excluding hydrogens is 262 g/mol. The Morgan fingerprint density at radius 2 is 2.21 bits per heavy atom. The highest BCUT2D eigenvalue weighted by atomic mass is 35.5. The summed E-state index contributed by atoms with van der Waals surface area (Å²) in [5, 5.41) is 6.52. The zero-order valence-corrected chi connectivity index (χ0v) is 12.3. The second kappa shape index (κ2) is 5.37. The summed E-state index contributed by atoms with van der Waals surface area (Å²) in [5.41, 5.74) is 0.295. The number of hydrogen-bond donors (Lipinski definition) is 2. The molecule has 0 spiro atoms. The van der Waals surface area contributed by atoms with Crippen molar-refractivity contribution in [3.8, 4) is 0 Å². The molecule has 0 radical (unpaired) electrons. The highest BCUT2D eigenvalue weighted by molar-refractivity contribution is 6.33. The van der Waals surface area contributed by atoms with E-state index in [0.29, 0.717) is 22.3 Å². The highest BCUT2D eigenvalue weighted by Crippen LogP contribution is 2.39. The quantitative estimate of drug-likeness (QED) is 0.872. The van der Waals surface area contributed by atoms with Gasteiger partial charge in [0.2, 0.25) is 0 Å². The Kier molecular flexibility index (Phi) is 3.99. The van der Waals surface area contributed by atoms with Crippen molar-refractivity contribution in [3.05, 3.63) is 22.8 Å². The molecule has 104 valence electrons. The first-order chi connectivity index (χ1) is 8.94. The van der Waals surface area contributed by atoms with Crippen LogP contribution in [0.5, 0.6) is 0 Å². The number of amides is 1. The summed E-state index contributed by atoms with van der Waals surface area (Å²) in [6, 6.07) is 1.70. The molecule has 4 nitrogen and oxygen atoms in total. The number of carbonyl (C=O) groups excluding carboxylic acids is 1. The van der Waals surface area contributed by atoms with Crippen LogP contribution in [0.1, 0.15) is 44.0 Å². The summed E-state index contributed by atoms with van der Waals surface area (Å²) in [4.78, 5) is 16.5. The molecule has 0 aliphatic heterocycles. The summed E-state index contributed by atoms with van der Waals surface area (Å²) >= 11 is 6.06. The van der Waals surface area contributed by atoms with Crippen molar-refractivity contribution in [1.82, 2.24) is 10.3 Å². The monoisotopic (exact) mass is 281 g/mol. The van der Waals surface area contributed by atoms with Gasteiger partial charge in [-0.3, -0.25) is 4.79 Å². The molecule has 1 aliphatic carbocycles. The van der Waals surface area contributed by atoms with Crippen molar-refractivity contribution in [1.29, 1.82) is 0 Å². The fourth-order valence-electron chi connectivity index (χ4n) is 2.16. The summed E-state index contributed by atoms with van der Waals surface area (Å²) < 4.78 is 0. The molecule has 0 saturated heterocycles. The number of carbonyl (C=O) groups is 1. The van der Waals surface area contributed by atoms with E-state index in [4.69, 9.17) is 11.6 Å². The second-order valence-electron chi connectivity index (χ2n) is 5.53. The molecule has 2 rings (SSSR count). The predicted molar refractivity (Wildman–Crippen MR) is 77.7 cm³/mol. The Morgan fingerprint density at radius 1 is 1.53 bits per heavy atom. The Morgan fingerprint density at radius 3 is 2.79 bits per heavy atom. The Labute approximate surface area is 118 Å². The van der Waals surface area contributed by atoms with Gasteiger partial charge in [-0.1, -0.05) is 11.6 Å². The molecule has 1 heterocycles. The van der Waals surface area contributed by atoms with Crippen LogP contribution in [-0.2, 0) is 0 Å². The van der Waals surface area contributed by atoms with E-state index in [0.717, 1.165) is 6.54 Å². The maximum Gasteiger partial charge on any atom is 0.253 e. The van der Waals surface area contributed by atoms with Gasteiger partial charge >= 0.3 is 0 Å². The van der Waals surface area contributed by atoms with Gasteiger partial charge in [0, 0.05) is 18.3 Å². The maximum atomic E-state index is 12.3. The summed E-state index contributed by atoms with van der Waals surface area (Å²) in [6.07, 6.45) is 3.87. The lowest BCUT2D eigenvalue weighted by molar-refractivity contribution is 0.0903. The molecule has 1 aromatic heterocycles. The van der Waals surface area contributed by atoms with Gasteiger partial charge in [-0.15, -0.1) is 0 Å². The molecule has 0 atom stereocenters. The van der Waals surface area contributed by atoms with E-state index in [1.54, 1.807) is 6.07 Å². The standard InChI is InChI=1S/C14H20ClN3O/c1-4-16-12-7-10(11(15)8-17-12)13(19)18-14(2,3)9-5-6-9/h7-9H,4-6H2,1-3H3,(H,16,17)(H,18,19). The van der Waals surface area contributed by atoms with Crippen LogP contribution in [0.2, 0.25) is 5.02 Å². The molecule has 1 fully saturated rings. The molecule has 0 aromatic carbocycles. The van der Waals surface area contributed by atoms with Crippen molar-refractivity contribution < 1.29 is 4.79 Å². The van der Waals surface area contributed by atoms with Gasteiger partial charge in [0.25, 0.3) is 5.91 Å². The first-order valence-corrected chi connectivity index (χ1v) is 7.03. The molecule has 1 amide bonds. The number of pyridine rings is 1. The van der Waals surface area contributed by atoms with Crippen molar-refractivity contribution in [2.75, 3.05) is 11.9 Å². The van der Waals surface area contributed by atoms with Crippen molar-refractivity contribution in [2.24, 2.45) is 5.92 Å². The van der Waals surface area contributed by atoms with Gasteiger partial charge in [-0.05, 0) is 45.6 Å². The number of aromatic nitrogens is 1. The average molecular weight is 282 g/mol. The van der Waals surface area contributed by atoms with Crippen LogP contribution in [-0.4, -0.2) is 23.0 Å². The lowest BCUT2D eigenvalue weighted by Gasteiger charge is -2.26. The number of rotatable bonds is 5. The van der Waals surface area contributed by atoms with E-state index in [1.807, 2.05) is 6.92 Å². The topological polar surface area (TPSA) is 54.0 Å². The lowest BCUT2D eigenvalue weighted by Crippen LogP contribution is -2.45. The summed E-state index contributed by atoms with van der Waals surface area (Å²) in [6.45, 7) is 6.85. The molecular formula is C14H20ClN3O. The number of nitrogens with one attached hydrogen (secondary N) is 2. The lowest BCUT2D eigenvalue weighted by atomic mass is 9.98. The average Bonchev–Trinajstić information content (AvgIpc) is 3.15. The molecule has 19 heavy (non-hydrogen) atoms. The maximum absolute atomic E-state index is 12.3. The van der Waals surface area contributed by atoms with Crippen LogP contribution in [0.15, 0.2) is 12.3 Å². The van der Waals surface area contributed by atoms with Gasteiger partial charge in [-0.2, -0.15) is 0 Å². The third-order valence-electron chi connectivity index (χ3n) is 3.49. The van der Waals surface area contributed by atoms with Crippen LogP contribution in [0.4, 0.5) is 5.82 Å². The fraction of sp³-hybridized carbons (Fsp3) is 0.571. The Hall–Kier alpha value is -1.29. The van der Waals surface area contributed by atoms with Crippen molar-refractivity contribution >= 4 is 23.3 Å². The minimum absolute atomic E-state index is 0.136. The van der Waals surface area contributed by atoms with Gasteiger partial charge in [-0.25, -0.2) is 4.98 Å². The predicted octanol–water partition coefficient (Wildman–Crippen LogP) is 3.09. The number of halogens is 1. The normalized spacial score (nSPS) is 15.2. The Balaban J connectivity index is 2.15. The van der Waals surface area contributed by atoms with E-state index >= 15 is 0 Å². The molecule has 1 saturated carbocycles. The third kappa shape index (κ3) is 3.38. The zero-order chi connectivity index (χ0) is 14.0. The van der Waals surface area contributed by atoms with Gasteiger partial charge < -0.3 is 10.6 Å². The molecule has 5 heteroatoms. The smallest absolute Gasteiger partial charge is 0.253 e. The second-order valence-corrected chi connectivity index (χ2v) is 5.94. The van der Waals surface area contributed by atoms with E-state index in [1.165, 1.54) is 19.0 Å². The van der Waals surface area contributed by atoms with E-state index < -0.39 is 0 Å². The Bertz CT molecular complexity index is 484. The first kappa shape index (κ1) is 14.1. The van der Waals surface area contributed by atoms with E-state index in [2.05, 4.69) is 29.5 Å². The van der Waals surface area contributed by atoms with Crippen molar-refractivity contribution in [2.45, 2.75) is 39.2 Å². The first-order valence-electron chi connectivity index (χ1n) is 6.66. The van der Waals surface area contributed by atoms with Crippen LogP contribution in [0.25, 0.3) is 0 Å². The van der Waals surface area contributed by atoms with E-state index in [9.17, 15) is 4.79 Å². The summed E-state index contributed by atoms with van der Waals surface area (Å²) in [5.74, 6) is 1.11. The minimum Gasteiger partial charge on any atom is -0.370 e. The number of anilines is 1. The van der Waals surface area contributed by atoms with Crippen LogP contribution in [0, 0.1) is 5.92 Å². The highest BCUT2D eigenvalue weighted by Gasteiger charge is 2.39. The van der Waals surface area contributed by atoms with Crippen LogP contribution in [0.3, 0.4) is 0 Å². The zero-order valence-electron chi connectivity index (χ0n) is 11.6. The third-order valence-corrected chi connectivity index (χ3v) is 3.79. The fourth-order valence-corrected chi connectivity index (χ4v) is 2.35. The minimum atomic E-state index is -0.179. The van der Waals surface area contributed by atoms with Gasteiger partial charge in [0.15, 0.2) is 0 Å². The molecule has 1 aliphatic rings. The number of nitrogens with zero attached hydrogens (tertiary/aromatic N) is 1. The van der Waals surface area contributed by atoms with Gasteiger partial charge in [0.1, 0.15) is 5.82 Å². The number of hydrogen-bond acceptors (Lipinski definition) is 3. The molecule has 2 N–H and O–H groups in total. The van der Waals surface area contributed by atoms with Crippen LogP contribution >= 0.6 is 11.6 Å². The SMILES string of the molecule is CCNc1cc(C(=O)NC(C)(C)C2CC2)c(Cl)cn1. The molecule has 0 unspecified atom stereocenters. The van der Waals surface area contributed by atoms with E-state index in [-0.39, 0.29) is 11.4 Å². The largest absolute Gasteiger partial charge is 0.370 e.